The van der Waals surface area contributed by atoms with Crippen molar-refractivity contribution in [3.8, 4) is 0 Å². The van der Waals surface area contributed by atoms with Gasteiger partial charge >= 0.3 is 0 Å². The van der Waals surface area contributed by atoms with Gasteiger partial charge in [0.2, 0.25) is 0 Å². The lowest BCUT2D eigenvalue weighted by Gasteiger charge is -2.23. The summed E-state index contributed by atoms with van der Waals surface area (Å²) >= 11 is 0. The van der Waals surface area contributed by atoms with Crippen molar-refractivity contribution in [1.82, 2.24) is 14.7 Å². The Hall–Kier alpha value is -2.11. The van der Waals surface area contributed by atoms with Gasteiger partial charge in [-0.2, -0.15) is 5.10 Å². The Labute approximate surface area is 142 Å². The Morgan fingerprint density at radius 3 is 2.75 bits per heavy atom. The number of hydrogen-bond donors (Lipinski definition) is 1. The first-order valence-corrected chi connectivity index (χ1v) is 8.33. The second kappa shape index (κ2) is 6.79. The van der Waals surface area contributed by atoms with E-state index >= 15 is 0 Å². The molecule has 2 aromatic heterocycles. The average molecular weight is 327 g/mol. The van der Waals surface area contributed by atoms with E-state index in [4.69, 9.17) is 9.52 Å². The normalized spacial score (nSPS) is 13.1. The van der Waals surface area contributed by atoms with Crippen LogP contribution in [-0.2, 0) is 13.1 Å². The van der Waals surface area contributed by atoms with Gasteiger partial charge in [0, 0.05) is 23.2 Å². The van der Waals surface area contributed by atoms with Gasteiger partial charge in [-0.25, -0.2) is 0 Å². The zero-order valence-electron chi connectivity index (χ0n) is 14.8. The van der Waals surface area contributed by atoms with Crippen molar-refractivity contribution < 1.29 is 9.52 Å². The molecule has 1 N–H and O–H groups in total. The molecule has 5 nitrogen and oxygen atoms in total. The zero-order valence-corrected chi connectivity index (χ0v) is 14.8. The quantitative estimate of drug-likeness (QED) is 0.753. The third-order valence-corrected chi connectivity index (χ3v) is 4.77. The van der Waals surface area contributed by atoms with Crippen LogP contribution >= 0.6 is 0 Å². The molecular formula is C19H25N3O2. The minimum atomic E-state index is 0.104. The fourth-order valence-corrected chi connectivity index (χ4v) is 3.09. The Balaban J connectivity index is 1.80. The van der Waals surface area contributed by atoms with Gasteiger partial charge in [0.05, 0.1) is 24.9 Å². The number of aryl methyl sites for hydroxylation is 1. The maximum atomic E-state index is 9.15. The topological polar surface area (TPSA) is 54.4 Å². The van der Waals surface area contributed by atoms with Gasteiger partial charge in [0.15, 0.2) is 0 Å². The highest BCUT2D eigenvalue weighted by molar-refractivity contribution is 5.77. The Morgan fingerprint density at radius 1 is 1.29 bits per heavy atom. The van der Waals surface area contributed by atoms with Crippen LogP contribution < -0.4 is 0 Å². The number of para-hydroxylation sites is 1. The van der Waals surface area contributed by atoms with Crippen LogP contribution in [0.1, 0.15) is 35.7 Å². The second-order valence-corrected chi connectivity index (χ2v) is 6.37. The van der Waals surface area contributed by atoms with Crippen LogP contribution in [0.25, 0.3) is 11.0 Å². The molecule has 0 radical (unpaired) electrons. The average Bonchev–Trinajstić information content (AvgIpc) is 3.11. The molecule has 2 heterocycles. The van der Waals surface area contributed by atoms with Crippen LogP contribution in [0.5, 0.6) is 0 Å². The molecule has 1 atom stereocenters. The third kappa shape index (κ3) is 3.09. The van der Waals surface area contributed by atoms with Crippen LogP contribution in [0, 0.1) is 13.8 Å². The van der Waals surface area contributed by atoms with Gasteiger partial charge in [-0.3, -0.25) is 9.58 Å². The van der Waals surface area contributed by atoms with E-state index in [1.165, 1.54) is 5.56 Å². The molecule has 1 unspecified atom stereocenters. The third-order valence-electron chi connectivity index (χ3n) is 4.77. The van der Waals surface area contributed by atoms with Crippen molar-refractivity contribution >= 4 is 11.0 Å². The van der Waals surface area contributed by atoms with Crippen molar-refractivity contribution in [3.63, 3.8) is 0 Å². The van der Waals surface area contributed by atoms with Crippen molar-refractivity contribution in [2.24, 2.45) is 0 Å². The molecule has 0 aliphatic heterocycles. The highest BCUT2D eigenvalue weighted by Crippen LogP contribution is 2.28. The van der Waals surface area contributed by atoms with Gasteiger partial charge in [-0.05, 0) is 40.0 Å². The maximum absolute atomic E-state index is 9.15. The largest absolute Gasteiger partial charge is 0.459 e. The fraction of sp³-hybridized carbons (Fsp3) is 0.421. The summed E-state index contributed by atoms with van der Waals surface area (Å²) in [7, 11) is 2.10. The van der Waals surface area contributed by atoms with Crippen LogP contribution in [0.3, 0.4) is 0 Å². The molecule has 5 heteroatoms. The Kier molecular flexibility index (Phi) is 4.73. The summed E-state index contributed by atoms with van der Waals surface area (Å²) in [6, 6.07) is 10.4. The number of aliphatic hydroxyl groups excluding tert-OH is 1. The summed E-state index contributed by atoms with van der Waals surface area (Å²) in [5.41, 5.74) is 4.28. The van der Waals surface area contributed by atoms with E-state index in [1.54, 1.807) is 0 Å². The van der Waals surface area contributed by atoms with E-state index in [0.717, 1.165) is 34.7 Å². The molecule has 1 aromatic carbocycles. The lowest BCUT2D eigenvalue weighted by Crippen LogP contribution is -2.22. The van der Waals surface area contributed by atoms with Crippen molar-refractivity contribution in [3.05, 3.63) is 53.0 Å². The molecule has 24 heavy (non-hydrogen) atoms. The Morgan fingerprint density at radius 2 is 2.04 bits per heavy atom. The molecule has 0 saturated carbocycles. The van der Waals surface area contributed by atoms with E-state index in [2.05, 4.69) is 43.0 Å². The number of hydrogen-bond acceptors (Lipinski definition) is 4. The lowest BCUT2D eigenvalue weighted by atomic mass is 10.1. The number of aromatic nitrogens is 2. The van der Waals surface area contributed by atoms with Crippen LogP contribution in [-0.4, -0.2) is 33.4 Å². The first-order chi connectivity index (χ1) is 11.5. The predicted molar refractivity (Wildman–Crippen MR) is 94.9 cm³/mol. The van der Waals surface area contributed by atoms with Crippen LogP contribution in [0.2, 0.25) is 0 Å². The van der Waals surface area contributed by atoms with E-state index in [-0.39, 0.29) is 12.6 Å². The minimum absolute atomic E-state index is 0.104. The summed E-state index contributed by atoms with van der Waals surface area (Å²) < 4.78 is 7.88. The summed E-state index contributed by atoms with van der Waals surface area (Å²) in [4.78, 5) is 2.26. The number of benzene rings is 1. The van der Waals surface area contributed by atoms with Gasteiger partial charge in [0.1, 0.15) is 11.3 Å². The molecule has 0 saturated heterocycles. The summed E-state index contributed by atoms with van der Waals surface area (Å²) in [6.07, 6.45) is 0. The lowest BCUT2D eigenvalue weighted by molar-refractivity contribution is 0.225. The SMILES string of the molecule is Cc1nn(CCO)c(C)c1CN(C)C(C)c1cc2ccccc2o1. The molecule has 0 aliphatic rings. The Bertz CT molecular complexity index is 801. The first-order valence-electron chi connectivity index (χ1n) is 8.33. The van der Waals surface area contributed by atoms with Gasteiger partial charge in [-0.1, -0.05) is 18.2 Å². The number of furan rings is 1. The van der Waals surface area contributed by atoms with Gasteiger partial charge in [0.25, 0.3) is 0 Å². The molecule has 0 spiro atoms. The van der Waals surface area contributed by atoms with Crippen molar-refractivity contribution in [2.75, 3.05) is 13.7 Å². The minimum Gasteiger partial charge on any atom is -0.459 e. The highest BCUT2D eigenvalue weighted by atomic mass is 16.3. The molecule has 128 valence electrons. The molecule has 0 bridgehead atoms. The number of rotatable bonds is 6. The van der Waals surface area contributed by atoms with E-state index < -0.39 is 0 Å². The van der Waals surface area contributed by atoms with E-state index in [9.17, 15) is 0 Å². The van der Waals surface area contributed by atoms with Gasteiger partial charge in [-0.15, -0.1) is 0 Å². The predicted octanol–water partition coefficient (Wildman–Crippen LogP) is 3.43. The maximum Gasteiger partial charge on any atom is 0.134 e. The summed E-state index contributed by atoms with van der Waals surface area (Å²) in [5.74, 6) is 0.969. The molecule has 3 aromatic rings. The van der Waals surface area contributed by atoms with Gasteiger partial charge < -0.3 is 9.52 Å². The first kappa shape index (κ1) is 16.7. The number of fused-ring (bicyclic) bond motifs is 1. The van der Waals surface area contributed by atoms with Crippen molar-refractivity contribution in [1.29, 1.82) is 0 Å². The smallest absolute Gasteiger partial charge is 0.134 e. The molecule has 0 amide bonds. The monoisotopic (exact) mass is 327 g/mol. The molecule has 0 aliphatic carbocycles. The summed E-state index contributed by atoms with van der Waals surface area (Å²) in [6.45, 7) is 7.67. The van der Waals surface area contributed by atoms with Crippen LogP contribution in [0.15, 0.2) is 34.7 Å². The van der Waals surface area contributed by atoms with Crippen molar-refractivity contribution in [2.45, 2.75) is 39.9 Å². The number of nitrogens with zero attached hydrogens (tertiary/aromatic N) is 3. The zero-order chi connectivity index (χ0) is 17.3. The van der Waals surface area contributed by atoms with E-state index in [0.29, 0.717) is 6.54 Å². The highest BCUT2D eigenvalue weighted by Gasteiger charge is 2.20. The summed E-state index contributed by atoms with van der Waals surface area (Å²) in [5, 5.41) is 14.8. The second-order valence-electron chi connectivity index (χ2n) is 6.37. The number of aliphatic hydroxyl groups is 1. The standard InChI is InChI=1S/C19H25N3O2/c1-13-17(14(2)22(20-13)9-10-23)12-21(4)15(3)19-11-16-7-5-6-8-18(16)24-19/h5-8,11,15,23H,9-10,12H2,1-4H3. The van der Waals surface area contributed by atoms with Crippen LogP contribution in [0.4, 0.5) is 0 Å². The molecule has 0 fully saturated rings. The molecule has 3 rings (SSSR count). The van der Waals surface area contributed by atoms with E-state index in [1.807, 2.05) is 29.8 Å². The molecular weight excluding hydrogens is 302 g/mol. The fourth-order valence-electron chi connectivity index (χ4n) is 3.09.